The monoisotopic (exact) mass is 183 g/mol. The minimum absolute atomic E-state index is 0.419. The minimum atomic E-state index is -0.747. The molecule has 0 aliphatic carbocycles. The van der Waals surface area contributed by atoms with Gasteiger partial charge in [-0.3, -0.25) is 4.79 Å². The maximum atomic E-state index is 10.8. The molecule has 0 fully saturated rings. The third kappa shape index (κ3) is 2.62. The number of hydrogen-bond acceptors (Lipinski definition) is 4. The second-order valence-corrected chi connectivity index (χ2v) is 2.46. The van der Waals surface area contributed by atoms with E-state index in [-0.39, 0.29) is 0 Å². The molecular weight excluding hydrogens is 174 g/mol. The molecule has 1 aliphatic rings. The number of carbonyl (C=O) groups excluding carboxylic acids is 2. The van der Waals surface area contributed by atoms with E-state index in [2.05, 4.69) is 0 Å². The highest BCUT2D eigenvalue weighted by molar-refractivity contribution is 5.90. The fourth-order valence-corrected chi connectivity index (χ4v) is 0.755. The van der Waals surface area contributed by atoms with Crippen molar-refractivity contribution in [1.29, 1.82) is 0 Å². The lowest BCUT2D eigenvalue weighted by molar-refractivity contribution is -0.152. The average Bonchev–Trinajstić information content (AvgIpc) is 2.30. The summed E-state index contributed by atoms with van der Waals surface area (Å²) >= 11 is 0. The van der Waals surface area contributed by atoms with Crippen LogP contribution in [0, 0.1) is 0 Å². The number of cyclic esters (lactones) is 1. The molecule has 1 unspecified atom stereocenters. The lowest BCUT2D eigenvalue weighted by Crippen LogP contribution is -2.10. The van der Waals surface area contributed by atoms with Crippen molar-refractivity contribution in [3.05, 3.63) is 24.0 Å². The summed E-state index contributed by atoms with van der Waals surface area (Å²) in [6.07, 6.45) is 2.89. The molecule has 5 heteroatoms. The van der Waals surface area contributed by atoms with E-state index >= 15 is 0 Å². The predicted octanol–water partition coefficient (Wildman–Crippen LogP) is -0.169. The zero-order valence-electron chi connectivity index (χ0n) is 7.02. The molecule has 0 aromatic carbocycles. The smallest absolute Gasteiger partial charge is 0.336 e. The van der Waals surface area contributed by atoms with Crippen LogP contribution >= 0.6 is 0 Å². The Labute approximate surface area is 74.8 Å². The normalized spacial score (nSPS) is 21.5. The number of esters is 1. The molecule has 0 aromatic heterocycles. The summed E-state index contributed by atoms with van der Waals surface area (Å²) < 4.78 is 9.55. The van der Waals surface area contributed by atoms with Gasteiger partial charge in [0.1, 0.15) is 0 Å². The van der Waals surface area contributed by atoms with Crippen molar-refractivity contribution in [2.75, 3.05) is 0 Å². The van der Waals surface area contributed by atoms with Crippen LogP contribution in [-0.4, -0.2) is 18.2 Å². The first kappa shape index (κ1) is 9.31. The SMILES string of the molecule is CC1=CC(O/C=C/C(N)=O)OC1=O. The highest BCUT2D eigenvalue weighted by Gasteiger charge is 2.22. The van der Waals surface area contributed by atoms with E-state index in [1.807, 2.05) is 0 Å². The Balaban J connectivity index is 2.41. The zero-order valence-corrected chi connectivity index (χ0v) is 7.02. The van der Waals surface area contributed by atoms with Crippen molar-refractivity contribution in [2.45, 2.75) is 13.2 Å². The van der Waals surface area contributed by atoms with Gasteiger partial charge in [-0.05, 0) is 6.92 Å². The number of nitrogens with two attached hydrogens (primary N) is 1. The predicted molar refractivity (Wildman–Crippen MR) is 43.1 cm³/mol. The number of ether oxygens (including phenoxy) is 2. The van der Waals surface area contributed by atoms with E-state index in [0.717, 1.165) is 12.3 Å². The Bertz CT molecular complexity index is 293. The van der Waals surface area contributed by atoms with Crippen LogP contribution in [0.2, 0.25) is 0 Å². The standard InChI is InChI=1S/C8H9NO4/c1-5-4-7(13-8(5)11)12-3-2-6(9)10/h2-4,7H,1H3,(H2,9,10)/b3-2+. The maximum absolute atomic E-state index is 10.8. The van der Waals surface area contributed by atoms with Crippen LogP contribution in [0.15, 0.2) is 24.0 Å². The third-order valence-corrected chi connectivity index (χ3v) is 1.38. The Kier molecular flexibility index (Phi) is 2.69. The van der Waals surface area contributed by atoms with E-state index in [1.165, 1.54) is 6.08 Å². The van der Waals surface area contributed by atoms with E-state index in [4.69, 9.17) is 15.2 Å². The summed E-state index contributed by atoms with van der Waals surface area (Å²) in [7, 11) is 0. The first-order valence-electron chi connectivity index (χ1n) is 3.60. The Morgan fingerprint density at radius 3 is 2.92 bits per heavy atom. The molecule has 0 radical (unpaired) electrons. The van der Waals surface area contributed by atoms with Crippen LogP contribution in [0.5, 0.6) is 0 Å². The topological polar surface area (TPSA) is 78.6 Å². The van der Waals surface area contributed by atoms with Crippen molar-refractivity contribution >= 4 is 11.9 Å². The van der Waals surface area contributed by atoms with Gasteiger partial charge in [-0.15, -0.1) is 0 Å². The molecule has 5 nitrogen and oxygen atoms in total. The van der Waals surface area contributed by atoms with Crippen molar-refractivity contribution in [3.63, 3.8) is 0 Å². The molecule has 0 saturated carbocycles. The number of primary amides is 1. The fourth-order valence-electron chi connectivity index (χ4n) is 0.755. The van der Waals surface area contributed by atoms with Crippen molar-refractivity contribution < 1.29 is 19.1 Å². The van der Waals surface area contributed by atoms with Gasteiger partial charge in [-0.2, -0.15) is 0 Å². The zero-order chi connectivity index (χ0) is 9.84. The van der Waals surface area contributed by atoms with E-state index < -0.39 is 18.2 Å². The lowest BCUT2D eigenvalue weighted by atomic mass is 10.3. The molecule has 2 N–H and O–H groups in total. The molecule has 13 heavy (non-hydrogen) atoms. The van der Waals surface area contributed by atoms with Gasteiger partial charge in [0, 0.05) is 17.7 Å². The number of amides is 1. The first-order valence-corrected chi connectivity index (χ1v) is 3.60. The minimum Gasteiger partial charge on any atom is -0.459 e. The summed E-state index contributed by atoms with van der Waals surface area (Å²) in [5, 5.41) is 0. The van der Waals surface area contributed by atoms with Crippen molar-refractivity contribution in [1.82, 2.24) is 0 Å². The van der Waals surface area contributed by atoms with Gasteiger partial charge in [0.25, 0.3) is 6.29 Å². The Morgan fingerprint density at radius 2 is 2.46 bits per heavy atom. The van der Waals surface area contributed by atoms with E-state index in [0.29, 0.717) is 5.57 Å². The summed E-state index contributed by atoms with van der Waals surface area (Å²) in [4.78, 5) is 21.0. The van der Waals surface area contributed by atoms with Crippen LogP contribution in [-0.2, 0) is 19.1 Å². The van der Waals surface area contributed by atoms with Gasteiger partial charge < -0.3 is 15.2 Å². The molecule has 0 saturated heterocycles. The van der Waals surface area contributed by atoms with Crippen LogP contribution in [0.3, 0.4) is 0 Å². The highest BCUT2D eigenvalue weighted by Crippen LogP contribution is 2.13. The Morgan fingerprint density at radius 1 is 1.77 bits per heavy atom. The summed E-state index contributed by atoms with van der Waals surface area (Å²) in [5.41, 5.74) is 5.29. The maximum Gasteiger partial charge on any atom is 0.336 e. The van der Waals surface area contributed by atoms with Crippen LogP contribution in [0.4, 0.5) is 0 Å². The molecule has 1 atom stereocenters. The number of hydrogen-bond donors (Lipinski definition) is 1. The van der Waals surface area contributed by atoms with Gasteiger partial charge in [-0.25, -0.2) is 4.79 Å². The molecule has 0 bridgehead atoms. The summed E-state index contributed by atoms with van der Waals surface area (Å²) in [6.45, 7) is 1.61. The van der Waals surface area contributed by atoms with Crippen LogP contribution in [0.1, 0.15) is 6.92 Å². The van der Waals surface area contributed by atoms with Gasteiger partial charge in [0.05, 0.1) is 6.26 Å². The van der Waals surface area contributed by atoms with Gasteiger partial charge >= 0.3 is 5.97 Å². The first-order chi connectivity index (χ1) is 6.09. The van der Waals surface area contributed by atoms with Crippen LogP contribution in [0.25, 0.3) is 0 Å². The molecule has 1 heterocycles. The van der Waals surface area contributed by atoms with Gasteiger partial charge in [-0.1, -0.05) is 0 Å². The average molecular weight is 183 g/mol. The summed E-state index contributed by atoms with van der Waals surface area (Å²) in [6, 6.07) is 0. The third-order valence-electron chi connectivity index (χ3n) is 1.38. The molecule has 0 spiro atoms. The quantitative estimate of drug-likeness (QED) is 0.374. The molecule has 1 rings (SSSR count). The molecule has 0 aromatic rings. The largest absolute Gasteiger partial charge is 0.459 e. The lowest BCUT2D eigenvalue weighted by Gasteiger charge is -2.05. The van der Waals surface area contributed by atoms with Gasteiger partial charge in [0.2, 0.25) is 5.91 Å². The molecular formula is C8H9NO4. The number of rotatable bonds is 3. The number of carbonyl (C=O) groups is 2. The van der Waals surface area contributed by atoms with E-state index in [9.17, 15) is 9.59 Å². The van der Waals surface area contributed by atoms with Crippen molar-refractivity contribution in [3.8, 4) is 0 Å². The van der Waals surface area contributed by atoms with Crippen LogP contribution < -0.4 is 5.73 Å². The second-order valence-electron chi connectivity index (χ2n) is 2.46. The van der Waals surface area contributed by atoms with Crippen molar-refractivity contribution in [2.24, 2.45) is 5.73 Å². The molecule has 1 aliphatic heterocycles. The fraction of sp³-hybridized carbons (Fsp3) is 0.250. The summed E-state index contributed by atoms with van der Waals surface area (Å²) in [5.74, 6) is -1.04. The van der Waals surface area contributed by atoms with Gasteiger partial charge in [0.15, 0.2) is 0 Å². The second kappa shape index (κ2) is 3.75. The Hall–Kier alpha value is -1.78. The molecule has 1 amide bonds. The van der Waals surface area contributed by atoms with E-state index in [1.54, 1.807) is 6.92 Å². The molecule has 70 valence electrons. The highest BCUT2D eigenvalue weighted by atomic mass is 16.7.